The number of β-lactam (4-membered cyclic amide) rings is 2. The van der Waals surface area contributed by atoms with Crippen LogP contribution in [0.1, 0.15) is 41.5 Å². The average Bonchev–Trinajstić information content (AvgIpc) is 1.78. The van der Waals surface area contributed by atoms with Crippen molar-refractivity contribution in [2.75, 3.05) is 0 Å². The van der Waals surface area contributed by atoms with Crippen LogP contribution in [0.25, 0.3) is 0 Å². The van der Waals surface area contributed by atoms with Gasteiger partial charge in [0.15, 0.2) is 0 Å². The maximum absolute atomic E-state index is 11.8. The molecule has 3 heteroatoms. The van der Waals surface area contributed by atoms with Crippen molar-refractivity contribution in [3.63, 3.8) is 0 Å². The number of hydrogen-bond acceptors (Lipinski definition) is 2. The number of rotatable bonds is 0. The Kier molecular flexibility index (Phi) is 2.25. The van der Waals surface area contributed by atoms with E-state index in [-0.39, 0.29) is 22.8 Å². The molecule has 0 N–H and O–H groups in total. The van der Waals surface area contributed by atoms with Crippen LogP contribution in [-0.4, -0.2) is 22.3 Å². The van der Waals surface area contributed by atoms with E-state index in [9.17, 15) is 9.59 Å². The molecule has 1 heterocycles. The molecule has 1 aliphatic heterocycles. The molecule has 3 nitrogen and oxygen atoms in total. The zero-order valence-electron chi connectivity index (χ0n) is 9.84. The molecule has 0 atom stereocenters. The van der Waals surface area contributed by atoms with Gasteiger partial charge >= 0.3 is 0 Å². The van der Waals surface area contributed by atoms with E-state index in [1.54, 1.807) is 0 Å². The molecular weight excluding hydrogens is 178 g/mol. The lowest BCUT2D eigenvalue weighted by Gasteiger charge is -2.48. The van der Waals surface area contributed by atoms with Crippen LogP contribution < -0.4 is 0 Å². The summed E-state index contributed by atoms with van der Waals surface area (Å²) < 4.78 is 0. The van der Waals surface area contributed by atoms with Crippen LogP contribution in [0, 0.1) is 11.3 Å². The molecule has 1 rings (SSSR count). The van der Waals surface area contributed by atoms with Crippen LogP contribution in [0.15, 0.2) is 0 Å². The Hall–Kier alpha value is -0.860. The molecule has 1 aliphatic rings. The Balaban J connectivity index is 2.88. The van der Waals surface area contributed by atoms with Crippen molar-refractivity contribution >= 4 is 11.8 Å². The molecule has 1 saturated heterocycles. The lowest BCUT2D eigenvalue weighted by atomic mass is 9.73. The van der Waals surface area contributed by atoms with Gasteiger partial charge in [-0.1, -0.05) is 20.8 Å². The van der Waals surface area contributed by atoms with Gasteiger partial charge in [0, 0.05) is 5.54 Å². The molecule has 0 radical (unpaired) electrons. The van der Waals surface area contributed by atoms with E-state index < -0.39 is 5.92 Å². The van der Waals surface area contributed by atoms with E-state index in [2.05, 4.69) is 0 Å². The van der Waals surface area contributed by atoms with Gasteiger partial charge in [-0.05, 0) is 26.2 Å². The van der Waals surface area contributed by atoms with Crippen LogP contribution in [0.2, 0.25) is 0 Å². The summed E-state index contributed by atoms with van der Waals surface area (Å²) in [5, 5.41) is 0. The van der Waals surface area contributed by atoms with E-state index >= 15 is 0 Å². The predicted octanol–water partition coefficient (Wildman–Crippen LogP) is 1.82. The Labute approximate surface area is 85.5 Å². The number of amides is 2. The number of nitrogens with zero attached hydrogens (tertiary/aromatic N) is 1. The Morgan fingerprint density at radius 3 is 1.50 bits per heavy atom. The molecule has 0 aliphatic carbocycles. The zero-order chi connectivity index (χ0) is 11.3. The van der Waals surface area contributed by atoms with Gasteiger partial charge in [0.25, 0.3) is 0 Å². The largest absolute Gasteiger partial charge is 0.276 e. The zero-order valence-corrected chi connectivity index (χ0v) is 9.84. The fraction of sp³-hybridized carbons (Fsp3) is 0.818. The molecule has 0 aromatic heterocycles. The predicted molar refractivity (Wildman–Crippen MR) is 54.6 cm³/mol. The second-order valence-corrected chi connectivity index (χ2v) is 5.98. The summed E-state index contributed by atoms with van der Waals surface area (Å²) in [5.41, 5.74) is -0.633. The van der Waals surface area contributed by atoms with Crippen molar-refractivity contribution < 1.29 is 9.59 Å². The third kappa shape index (κ3) is 1.56. The fourth-order valence-corrected chi connectivity index (χ4v) is 1.81. The molecule has 0 spiro atoms. The smallest absolute Gasteiger partial charge is 0.242 e. The average molecular weight is 197 g/mol. The van der Waals surface area contributed by atoms with Crippen LogP contribution in [0.3, 0.4) is 0 Å². The van der Waals surface area contributed by atoms with E-state index in [1.165, 1.54) is 4.90 Å². The minimum absolute atomic E-state index is 0.0324. The number of carbonyl (C=O) groups excluding carboxylic acids is 2. The van der Waals surface area contributed by atoms with Crippen LogP contribution in [0.4, 0.5) is 0 Å². The molecule has 2 amide bonds. The fourth-order valence-electron chi connectivity index (χ4n) is 1.81. The summed E-state index contributed by atoms with van der Waals surface area (Å²) in [5.74, 6) is -0.508. The Bertz CT molecular complexity index is 239. The first-order valence-corrected chi connectivity index (χ1v) is 4.95. The first-order valence-electron chi connectivity index (χ1n) is 4.95. The molecule has 80 valence electrons. The quantitative estimate of drug-likeness (QED) is 0.439. The number of likely N-dealkylation sites (tertiary alicyclic amines) is 1. The molecular formula is C11H19NO2. The lowest BCUT2D eigenvalue weighted by molar-refractivity contribution is -0.178. The first-order chi connectivity index (χ1) is 6.07. The van der Waals surface area contributed by atoms with Gasteiger partial charge < -0.3 is 0 Å². The van der Waals surface area contributed by atoms with Crippen molar-refractivity contribution in [2.24, 2.45) is 11.3 Å². The van der Waals surface area contributed by atoms with Crippen LogP contribution in [-0.2, 0) is 9.59 Å². The van der Waals surface area contributed by atoms with E-state index in [1.807, 2.05) is 41.5 Å². The van der Waals surface area contributed by atoms with Gasteiger partial charge in [-0.2, -0.15) is 0 Å². The summed E-state index contributed by atoms with van der Waals surface area (Å²) in [4.78, 5) is 24.9. The summed E-state index contributed by atoms with van der Waals surface area (Å²) >= 11 is 0. The molecule has 14 heavy (non-hydrogen) atoms. The maximum Gasteiger partial charge on any atom is 0.242 e. The Morgan fingerprint density at radius 2 is 1.29 bits per heavy atom. The molecule has 0 aromatic carbocycles. The normalized spacial score (nSPS) is 20.0. The summed E-state index contributed by atoms with van der Waals surface area (Å²) in [7, 11) is 0. The van der Waals surface area contributed by atoms with Gasteiger partial charge in [-0.15, -0.1) is 0 Å². The highest BCUT2D eigenvalue weighted by atomic mass is 16.2. The molecule has 0 aromatic rings. The second kappa shape index (κ2) is 2.81. The lowest BCUT2D eigenvalue weighted by Crippen LogP contribution is -2.67. The standard InChI is InChI=1S/C11H19NO2/c1-10(2,3)7-8(13)12(9(7)14)11(4,5)6/h7H,1-6H3. The minimum Gasteiger partial charge on any atom is -0.276 e. The molecule has 1 fully saturated rings. The number of imide groups is 1. The maximum atomic E-state index is 11.8. The van der Waals surface area contributed by atoms with Crippen LogP contribution >= 0.6 is 0 Å². The van der Waals surface area contributed by atoms with E-state index in [4.69, 9.17) is 0 Å². The molecule has 0 saturated carbocycles. The van der Waals surface area contributed by atoms with Gasteiger partial charge in [0.05, 0.1) is 0 Å². The van der Waals surface area contributed by atoms with E-state index in [0.717, 1.165) is 0 Å². The third-order valence-electron chi connectivity index (χ3n) is 2.47. The first kappa shape index (κ1) is 11.2. The molecule has 0 unspecified atom stereocenters. The van der Waals surface area contributed by atoms with Crippen molar-refractivity contribution in [1.82, 2.24) is 4.90 Å². The van der Waals surface area contributed by atoms with Crippen molar-refractivity contribution in [1.29, 1.82) is 0 Å². The van der Waals surface area contributed by atoms with Crippen molar-refractivity contribution in [3.8, 4) is 0 Å². The summed E-state index contributed by atoms with van der Waals surface area (Å²) in [6.45, 7) is 11.4. The van der Waals surface area contributed by atoms with Gasteiger partial charge in [0.1, 0.15) is 5.92 Å². The highest BCUT2D eigenvalue weighted by Crippen LogP contribution is 2.39. The van der Waals surface area contributed by atoms with Crippen molar-refractivity contribution in [2.45, 2.75) is 47.1 Å². The SMILES string of the molecule is CC(C)(C)C1C(=O)N(C(C)(C)C)C1=O. The molecule has 0 bridgehead atoms. The highest BCUT2D eigenvalue weighted by Gasteiger charge is 2.55. The van der Waals surface area contributed by atoms with Crippen molar-refractivity contribution in [3.05, 3.63) is 0 Å². The monoisotopic (exact) mass is 197 g/mol. The van der Waals surface area contributed by atoms with Gasteiger partial charge in [-0.3, -0.25) is 14.5 Å². The second-order valence-electron chi connectivity index (χ2n) is 5.98. The summed E-state index contributed by atoms with van der Waals surface area (Å²) in [6.07, 6.45) is 0. The van der Waals surface area contributed by atoms with Gasteiger partial charge in [0.2, 0.25) is 11.8 Å². The Morgan fingerprint density at radius 1 is 0.929 bits per heavy atom. The highest BCUT2D eigenvalue weighted by molar-refractivity contribution is 6.18. The third-order valence-corrected chi connectivity index (χ3v) is 2.47. The summed E-state index contributed by atoms with van der Waals surface area (Å²) in [6, 6.07) is 0. The van der Waals surface area contributed by atoms with Crippen LogP contribution in [0.5, 0.6) is 0 Å². The minimum atomic E-state index is -0.443. The number of carbonyl (C=O) groups is 2. The number of hydrogen-bond donors (Lipinski definition) is 0. The topological polar surface area (TPSA) is 37.4 Å². The van der Waals surface area contributed by atoms with E-state index in [0.29, 0.717) is 0 Å². The van der Waals surface area contributed by atoms with Gasteiger partial charge in [-0.25, -0.2) is 0 Å².